The molecule has 0 unspecified atom stereocenters. The van der Waals surface area contributed by atoms with Crippen molar-refractivity contribution in [2.45, 2.75) is 72.6 Å². The maximum Gasteiger partial charge on any atom is 0.0330 e. The molecule has 0 fully saturated rings. The van der Waals surface area contributed by atoms with Gasteiger partial charge in [0.25, 0.3) is 0 Å². The third-order valence-corrected chi connectivity index (χ3v) is 4.18. The molecule has 0 saturated heterocycles. The quantitative estimate of drug-likeness (QED) is 0.804. The summed E-state index contributed by atoms with van der Waals surface area (Å²) < 4.78 is 0. The average Bonchev–Trinajstić information content (AvgIpc) is 2.72. The molecule has 0 amide bonds. The first-order valence-corrected chi connectivity index (χ1v) is 8.20. The summed E-state index contributed by atoms with van der Waals surface area (Å²) in [4.78, 5) is 5.46. The first kappa shape index (κ1) is 16.7. The van der Waals surface area contributed by atoms with Crippen molar-refractivity contribution < 1.29 is 0 Å². The Morgan fingerprint density at radius 3 is 2.37 bits per heavy atom. The second-order valence-electron chi connectivity index (χ2n) is 6.54. The Morgan fingerprint density at radius 2 is 1.84 bits per heavy atom. The second-order valence-corrected chi connectivity index (χ2v) is 7.79. The smallest absolute Gasteiger partial charge is 0.0330 e. The highest BCUT2D eigenvalue weighted by Crippen LogP contribution is 2.20. The molecule has 1 rings (SSSR count). The SMILES string of the molecule is CCCN(Cc1ccc(CNC(C)(C)C)s1)C(C)C. The summed E-state index contributed by atoms with van der Waals surface area (Å²) >= 11 is 1.94. The normalized spacial score (nSPS) is 12.6. The fourth-order valence-corrected chi connectivity index (χ4v) is 2.95. The fraction of sp³-hybridized carbons (Fsp3) is 0.750. The van der Waals surface area contributed by atoms with Crippen molar-refractivity contribution in [2.24, 2.45) is 0 Å². The van der Waals surface area contributed by atoms with E-state index in [2.05, 4.69) is 63.9 Å². The van der Waals surface area contributed by atoms with E-state index >= 15 is 0 Å². The summed E-state index contributed by atoms with van der Waals surface area (Å²) in [5.74, 6) is 0. The van der Waals surface area contributed by atoms with Crippen LogP contribution in [0.2, 0.25) is 0 Å². The molecule has 1 aromatic rings. The van der Waals surface area contributed by atoms with E-state index in [0.717, 1.165) is 13.1 Å². The van der Waals surface area contributed by atoms with Gasteiger partial charge < -0.3 is 5.32 Å². The van der Waals surface area contributed by atoms with Crippen molar-refractivity contribution in [2.75, 3.05) is 6.54 Å². The lowest BCUT2D eigenvalue weighted by atomic mass is 10.1. The molecule has 19 heavy (non-hydrogen) atoms. The van der Waals surface area contributed by atoms with Gasteiger partial charge in [0, 0.05) is 34.4 Å². The molecule has 0 aliphatic rings. The first-order chi connectivity index (χ1) is 8.81. The molecular weight excluding hydrogens is 252 g/mol. The van der Waals surface area contributed by atoms with Crippen molar-refractivity contribution in [1.29, 1.82) is 0 Å². The molecule has 1 N–H and O–H groups in total. The lowest BCUT2D eigenvalue weighted by Crippen LogP contribution is -2.34. The van der Waals surface area contributed by atoms with Crippen LogP contribution >= 0.6 is 11.3 Å². The van der Waals surface area contributed by atoms with E-state index in [1.807, 2.05) is 11.3 Å². The number of rotatable bonds is 7. The molecule has 0 aliphatic carbocycles. The van der Waals surface area contributed by atoms with Gasteiger partial charge in [0.15, 0.2) is 0 Å². The zero-order valence-electron chi connectivity index (χ0n) is 13.4. The molecule has 0 aromatic carbocycles. The highest BCUT2D eigenvalue weighted by molar-refractivity contribution is 7.11. The number of hydrogen-bond acceptors (Lipinski definition) is 3. The zero-order valence-corrected chi connectivity index (χ0v) is 14.2. The molecule has 1 aromatic heterocycles. The Balaban J connectivity index is 2.54. The van der Waals surface area contributed by atoms with E-state index in [9.17, 15) is 0 Å². The van der Waals surface area contributed by atoms with Crippen molar-refractivity contribution in [3.63, 3.8) is 0 Å². The Bertz CT molecular complexity index is 363. The van der Waals surface area contributed by atoms with Crippen molar-refractivity contribution in [3.05, 3.63) is 21.9 Å². The summed E-state index contributed by atoms with van der Waals surface area (Å²) in [6, 6.07) is 5.18. The maximum absolute atomic E-state index is 3.55. The van der Waals surface area contributed by atoms with Crippen LogP contribution in [0.3, 0.4) is 0 Å². The van der Waals surface area contributed by atoms with Crippen LogP contribution in [-0.2, 0) is 13.1 Å². The highest BCUT2D eigenvalue weighted by atomic mass is 32.1. The van der Waals surface area contributed by atoms with Crippen molar-refractivity contribution in [3.8, 4) is 0 Å². The van der Waals surface area contributed by atoms with Crippen molar-refractivity contribution >= 4 is 11.3 Å². The van der Waals surface area contributed by atoms with Gasteiger partial charge in [-0.25, -0.2) is 0 Å². The van der Waals surface area contributed by atoms with Crippen molar-refractivity contribution in [1.82, 2.24) is 10.2 Å². The molecule has 0 bridgehead atoms. The minimum Gasteiger partial charge on any atom is -0.307 e. The van der Waals surface area contributed by atoms with Gasteiger partial charge in [-0.2, -0.15) is 0 Å². The third-order valence-electron chi connectivity index (χ3n) is 3.11. The molecule has 0 atom stereocenters. The molecule has 0 spiro atoms. The Kier molecular flexibility index (Phi) is 6.51. The van der Waals surface area contributed by atoms with E-state index in [0.29, 0.717) is 6.04 Å². The summed E-state index contributed by atoms with van der Waals surface area (Å²) in [5.41, 5.74) is 0.191. The lowest BCUT2D eigenvalue weighted by Gasteiger charge is -2.25. The minimum atomic E-state index is 0.191. The number of hydrogen-bond donors (Lipinski definition) is 1. The Hall–Kier alpha value is -0.380. The topological polar surface area (TPSA) is 15.3 Å². The van der Waals surface area contributed by atoms with Gasteiger partial charge in [0.2, 0.25) is 0 Å². The maximum atomic E-state index is 3.55. The molecule has 1 heterocycles. The standard InChI is InChI=1S/C16H30N2S/c1-7-10-18(13(2)3)12-15-9-8-14(19-15)11-17-16(4,5)6/h8-9,13,17H,7,10-12H2,1-6H3. The predicted molar refractivity (Wildman–Crippen MR) is 86.7 cm³/mol. The monoisotopic (exact) mass is 282 g/mol. The lowest BCUT2D eigenvalue weighted by molar-refractivity contribution is 0.215. The second kappa shape index (κ2) is 7.41. The van der Waals surface area contributed by atoms with Crippen LogP contribution in [0.15, 0.2) is 12.1 Å². The van der Waals surface area contributed by atoms with Gasteiger partial charge in [-0.1, -0.05) is 6.92 Å². The predicted octanol–water partition coefficient (Wildman–Crippen LogP) is 4.26. The number of nitrogens with one attached hydrogen (secondary N) is 1. The van der Waals surface area contributed by atoms with Gasteiger partial charge >= 0.3 is 0 Å². The van der Waals surface area contributed by atoms with Crippen LogP contribution in [0.1, 0.15) is 57.7 Å². The number of nitrogens with zero attached hydrogens (tertiary/aromatic N) is 1. The summed E-state index contributed by atoms with van der Waals surface area (Å²) in [6.45, 7) is 16.7. The van der Waals surface area contributed by atoms with E-state index in [-0.39, 0.29) is 5.54 Å². The molecular formula is C16H30N2S. The molecule has 0 aliphatic heterocycles. The molecule has 110 valence electrons. The number of thiophene rings is 1. The van der Waals surface area contributed by atoms with Gasteiger partial charge in [-0.3, -0.25) is 4.90 Å². The summed E-state index contributed by atoms with van der Waals surface area (Å²) in [7, 11) is 0. The average molecular weight is 282 g/mol. The van der Waals surface area contributed by atoms with Crippen LogP contribution < -0.4 is 5.32 Å². The van der Waals surface area contributed by atoms with Gasteiger partial charge in [0.05, 0.1) is 0 Å². The van der Waals surface area contributed by atoms with Gasteiger partial charge in [0.1, 0.15) is 0 Å². The molecule has 3 heteroatoms. The third kappa shape index (κ3) is 6.55. The molecule has 2 nitrogen and oxygen atoms in total. The minimum absolute atomic E-state index is 0.191. The Labute approximate surface area is 123 Å². The highest BCUT2D eigenvalue weighted by Gasteiger charge is 2.12. The van der Waals surface area contributed by atoms with Crippen LogP contribution in [0, 0.1) is 0 Å². The van der Waals surface area contributed by atoms with Crippen LogP contribution in [-0.4, -0.2) is 23.0 Å². The first-order valence-electron chi connectivity index (χ1n) is 7.38. The summed E-state index contributed by atoms with van der Waals surface area (Å²) in [5, 5.41) is 3.55. The van der Waals surface area contributed by atoms with E-state index in [4.69, 9.17) is 0 Å². The van der Waals surface area contributed by atoms with Crippen LogP contribution in [0.25, 0.3) is 0 Å². The molecule has 0 radical (unpaired) electrons. The van der Waals surface area contributed by atoms with E-state index in [1.54, 1.807) is 0 Å². The van der Waals surface area contributed by atoms with Crippen LogP contribution in [0.5, 0.6) is 0 Å². The van der Waals surface area contributed by atoms with E-state index in [1.165, 1.54) is 22.7 Å². The largest absolute Gasteiger partial charge is 0.307 e. The van der Waals surface area contributed by atoms with Gasteiger partial charge in [-0.15, -0.1) is 11.3 Å². The summed E-state index contributed by atoms with van der Waals surface area (Å²) in [6.07, 6.45) is 1.22. The van der Waals surface area contributed by atoms with Crippen LogP contribution in [0.4, 0.5) is 0 Å². The Morgan fingerprint density at radius 1 is 1.21 bits per heavy atom. The fourth-order valence-electron chi connectivity index (χ4n) is 1.96. The van der Waals surface area contributed by atoms with E-state index < -0.39 is 0 Å². The molecule has 0 saturated carbocycles. The zero-order chi connectivity index (χ0) is 14.5. The van der Waals surface area contributed by atoms with Gasteiger partial charge in [-0.05, 0) is 59.7 Å².